The molecule has 1 heterocycles. The van der Waals surface area contributed by atoms with Crippen LogP contribution in [0.1, 0.15) is 48.3 Å². The molecular weight excluding hydrogens is 392 g/mol. The van der Waals surface area contributed by atoms with Gasteiger partial charge in [-0.1, -0.05) is 66.6 Å². The fraction of sp³-hybridized carbons (Fsp3) is 0.276. The van der Waals surface area contributed by atoms with Gasteiger partial charge in [0.1, 0.15) is 0 Å². The molecule has 1 N–H and O–H groups in total. The van der Waals surface area contributed by atoms with Crippen molar-refractivity contribution in [1.29, 1.82) is 0 Å². The lowest BCUT2D eigenvalue weighted by molar-refractivity contribution is 0.0557. The van der Waals surface area contributed by atoms with Gasteiger partial charge in [0, 0.05) is 0 Å². The highest BCUT2D eigenvalue weighted by molar-refractivity contribution is 5.83. The van der Waals surface area contributed by atoms with Crippen LogP contribution in [0, 0.1) is 18.3 Å². The minimum absolute atomic E-state index is 0.0425. The molecule has 3 nitrogen and oxygen atoms in total. The van der Waals surface area contributed by atoms with E-state index >= 15 is 0 Å². The minimum atomic E-state index is -0.468. The molecule has 1 fully saturated rings. The maximum Gasteiger partial charge on any atom is 0.0826 e. The van der Waals surface area contributed by atoms with Crippen LogP contribution >= 0.6 is 0 Å². The second kappa shape index (κ2) is 7.18. The Balaban J connectivity index is 1.34. The molecule has 1 aromatic heterocycles. The van der Waals surface area contributed by atoms with Crippen LogP contribution < -0.4 is 0 Å². The molecule has 0 spiro atoms. The Morgan fingerprint density at radius 1 is 1.03 bits per heavy atom. The molecule has 4 aromatic rings. The third kappa shape index (κ3) is 2.96. The highest BCUT2D eigenvalue weighted by Gasteiger charge is 2.48. The van der Waals surface area contributed by atoms with Crippen molar-refractivity contribution in [2.45, 2.75) is 39.2 Å². The van der Waals surface area contributed by atoms with Crippen molar-refractivity contribution < 1.29 is 5.11 Å². The van der Waals surface area contributed by atoms with Gasteiger partial charge in [0.15, 0.2) is 0 Å². The lowest BCUT2D eigenvalue weighted by atomic mass is 9.67. The summed E-state index contributed by atoms with van der Waals surface area (Å²) in [6.45, 7) is 4.45. The average molecular weight is 421 g/mol. The number of allylic oxidation sites excluding steroid dienone is 1. The summed E-state index contributed by atoms with van der Waals surface area (Å²) in [6, 6.07) is 23.3. The highest BCUT2D eigenvalue weighted by atomic mass is 16.3. The molecule has 32 heavy (non-hydrogen) atoms. The molecule has 0 aliphatic heterocycles. The molecule has 0 radical (unpaired) electrons. The molecule has 2 aliphatic carbocycles. The van der Waals surface area contributed by atoms with Crippen molar-refractivity contribution in [3.05, 3.63) is 101 Å². The quantitative estimate of drug-likeness (QED) is 0.415. The number of aromatic nitrogens is 2. The summed E-state index contributed by atoms with van der Waals surface area (Å²) in [5, 5.41) is 18.6. The number of hydrogen-bond donors (Lipinski definition) is 1. The van der Waals surface area contributed by atoms with E-state index < -0.39 is 6.10 Å². The number of aliphatic hydroxyl groups is 1. The first-order valence-corrected chi connectivity index (χ1v) is 11.5. The molecule has 6 rings (SSSR count). The van der Waals surface area contributed by atoms with Gasteiger partial charge in [-0.2, -0.15) is 5.10 Å². The van der Waals surface area contributed by atoms with Crippen LogP contribution in [0.25, 0.3) is 22.5 Å². The third-order valence-corrected chi connectivity index (χ3v) is 7.81. The van der Waals surface area contributed by atoms with E-state index in [0.717, 1.165) is 30.5 Å². The largest absolute Gasteiger partial charge is 0.388 e. The molecule has 2 aliphatic rings. The number of rotatable bonds is 3. The first-order chi connectivity index (χ1) is 15.5. The second-order valence-corrected chi connectivity index (χ2v) is 9.76. The van der Waals surface area contributed by atoms with Crippen LogP contribution in [0.2, 0.25) is 0 Å². The van der Waals surface area contributed by atoms with Crippen molar-refractivity contribution in [3.63, 3.8) is 0 Å². The predicted molar refractivity (Wildman–Crippen MR) is 130 cm³/mol. The number of nitrogens with zero attached hydrogens (tertiary/aromatic N) is 2. The van der Waals surface area contributed by atoms with Crippen LogP contribution in [0.3, 0.4) is 0 Å². The fourth-order valence-corrected chi connectivity index (χ4v) is 5.90. The molecule has 0 bridgehead atoms. The van der Waals surface area contributed by atoms with Crippen molar-refractivity contribution in [1.82, 2.24) is 9.78 Å². The standard InChI is InChI=1S/C29H28N2O/c1-19-7-12-25(13-8-19)31-27-16-24-11-14-26(29(24,2)17-23(27)18-30-31)28(32)22-10-9-20-5-3-4-6-21(20)15-22/h3-10,12-13,15-16,18,26,28,32H,11,14,17H2,1-2H3. The Labute approximate surface area is 189 Å². The van der Waals surface area contributed by atoms with Gasteiger partial charge in [-0.15, -0.1) is 0 Å². The topological polar surface area (TPSA) is 38.0 Å². The van der Waals surface area contributed by atoms with Crippen LogP contribution in [0.15, 0.2) is 78.5 Å². The summed E-state index contributed by atoms with van der Waals surface area (Å²) >= 11 is 0. The molecule has 3 unspecified atom stereocenters. The van der Waals surface area contributed by atoms with Crippen LogP contribution in [-0.2, 0) is 6.42 Å². The average Bonchev–Trinajstić information content (AvgIpc) is 3.36. The van der Waals surface area contributed by atoms with Crippen molar-refractivity contribution >= 4 is 16.8 Å². The molecule has 0 amide bonds. The lowest BCUT2D eigenvalue weighted by Gasteiger charge is -2.38. The van der Waals surface area contributed by atoms with Gasteiger partial charge in [0.25, 0.3) is 0 Å². The zero-order chi connectivity index (χ0) is 21.9. The van der Waals surface area contributed by atoms with Crippen LogP contribution in [-0.4, -0.2) is 14.9 Å². The zero-order valence-corrected chi connectivity index (χ0v) is 18.6. The first-order valence-electron chi connectivity index (χ1n) is 11.5. The maximum atomic E-state index is 11.5. The summed E-state index contributed by atoms with van der Waals surface area (Å²) in [4.78, 5) is 0. The number of aryl methyl sites for hydroxylation is 1. The molecule has 0 saturated heterocycles. The molecule has 1 saturated carbocycles. The first kappa shape index (κ1) is 19.5. The van der Waals surface area contributed by atoms with Gasteiger partial charge in [-0.3, -0.25) is 0 Å². The predicted octanol–water partition coefficient (Wildman–Crippen LogP) is 6.42. The van der Waals surface area contributed by atoms with Gasteiger partial charge in [-0.05, 0) is 83.7 Å². The van der Waals surface area contributed by atoms with Gasteiger partial charge < -0.3 is 5.11 Å². The van der Waals surface area contributed by atoms with Crippen LogP contribution in [0.4, 0.5) is 0 Å². The maximum absolute atomic E-state index is 11.5. The Kier molecular flexibility index (Phi) is 4.38. The SMILES string of the molecule is Cc1ccc(-n2ncc3c2C=C2CCC(C(O)c4ccc5ccccc5c4)C2(C)C3)cc1. The Morgan fingerprint density at radius 2 is 1.81 bits per heavy atom. The van der Waals surface area contributed by atoms with E-state index in [1.807, 2.05) is 6.20 Å². The third-order valence-electron chi connectivity index (χ3n) is 7.81. The second-order valence-electron chi connectivity index (χ2n) is 9.76. The molecular formula is C29H28N2O. The molecule has 3 aromatic carbocycles. The number of aliphatic hydroxyl groups excluding tert-OH is 1. The molecule has 160 valence electrons. The summed E-state index contributed by atoms with van der Waals surface area (Å²) in [6.07, 6.45) is 6.87. The number of hydrogen-bond acceptors (Lipinski definition) is 2. The Morgan fingerprint density at radius 3 is 2.62 bits per heavy atom. The van der Waals surface area contributed by atoms with E-state index in [-0.39, 0.29) is 11.3 Å². The number of fused-ring (bicyclic) bond motifs is 3. The van der Waals surface area contributed by atoms with Gasteiger partial charge in [0.2, 0.25) is 0 Å². The van der Waals surface area contributed by atoms with Crippen molar-refractivity contribution in [3.8, 4) is 5.69 Å². The fourth-order valence-electron chi connectivity index (χ4n) is 5.90. The van der Waals surface area contributed by atoms with Crippen LogP contribution in [0.5, 0.6) is 0 Å². The van der Waals surface area contributed by atoms with Gasteiger partial charge in [-0.25, -0.2) is 4.68 Å². The highest BCUT2D eigenvalue weighted by Crippen LogP contribution is 2.56. The van der Waals surface area contributed by atoms with Gasteiger partial charge >= 0.3 is 0 Å². The Hall–Kier alpha value is -3.17. The van der Waals surface area contributed by atoms with E-state index in [0.29, 0.717) is 0 Å². The zero-order valence-electron chi connectivity index (χ0n) is 18.6. The summed E-state index contributed by atoms with van der Waals surface area (Å²) in [5.41, 5.74) is 7.25. The van der Waals surface area contributed by atoms with E-state index in [4.69, 9.17) is 5.10 Å². The van der Waals surface area contributed by atoms with E-state index in [9.17, 15) is 5.11 Å². The molecule has 3 heteroatoms. The minimum Gasteiger partial charge on any atom is -0.388 e. The molecule has 3 atom stereocenters. The summed E-state index contributed by atoms with van der Waals surface area (Å²) in [5.74, 6) is 0.200. The Bertz CT molecular complexity index is 1350. The van der Waals surface area contributed by atoms with E-state index in [2.05, 4.69) is 91.3 Å². The van der Waals surface area contributed by atoms with E-state index in [1.54, 1.807) is 0 Å². The lowest BCUT2D eigenvalue weighted by Crippen LogP contribution is -2.32. The summed E-state index contributed by atoms with van der Waals surface area (Å²) in [7, 11) is 0. The normalized spacial score (nSPS) is 23.0. The smallest absolute Gasteiger partial charge is 0.0826 e. The van der Waals surface area contributed by atoms with E-state index in [1.165, 1.54) is 33.2 Å². The van der Waals surface area contributed by atoms with Gasteiger partial charge in [0.05, 0.1) is 23.7 Å². The number of benzene rings is 3. The monoisotopic (exact) mass is 420 g/mol. The van der Waals surface area contributed by atoms with Crippen molar-refractivity contribution in [2.75, 3.05) is 0 Å². The summed E-state index contributed by atoms with van der Waals surface area (Å²) < 4.78 is 2.06. The van der Waals surface area contributed by atoms with Crippen molar-refractivity contribution in [2.24, 2.45) is 11.3 Å².